The number of carbonyl (C=O) groups is 1. The van der Waals surface area contributed by atoms with Crippen molar-refractivity contribution in [1.82, 2.24) is 0 Å². The molecule has 1 N–H and O–H groups in total. The molecule has 4 heteroatoms. The Morgan fingerprint density at radius 1 is 1.05 bits per heavy atom. The van der Waals surface area contributed by atoms with E-state index in [2.05, 4.69) is 0 Å². The Kier molecular flexibility index (Phi) is 3.53. The first kappa shape index (κ1) is 13.1. The highest BCUT2D eigenvalue weighted by molar-refractivity contribution is 5.76. The monoisotopic (exact) mass is 257 g/mol. The molecular formula is C15H13O4-. The van der Waals surface area contributed by atoms with Gasteiger partial charge < -0.3 is 19.7 Å². The maximum Gasteiger partial charge on any atom is 0.127 e. The largest absolute Gasteiger partial charge is 0.547 e. The zero-order chi connectivity index (χ0) is 13.9. The average Bonchev–Trinajstić information content (AvgIpc) is 2.40. The van der Waals surface area contributed by atoms with Crippen molar-refractivity contribution in [1.29, 1.82) is 0 Å². The SMILES string of the molecule is CC(O)(C(=O)[O-])c1ccc(Oc2ccccc2)cc1. The molecule has 98 valence electrons. The molecule has 2 aromatic rings. The number of aliphatic hydroxyl groups is 1. The molecule has 0 heterocycles. The first-order valence-electron chi connectivity index (χ1n) is 5.77. The maximum absolute atomic E-state index is 10.8. The maximum atomic E-state index is 10.8. The molecule has 0 spiro atoms. The summed E-state index contributed by atoms with van der Waals surface area (Å²) in [6.45, 7) is 1.18. The molecular weight excluding hydrogens is 244 g/mol. The second-order valence-corrected chi connectivity index (χ2v) is 4.30. The molecule has 4 nitrogen and oxygen atoms in total. The standard InChI is InChI=1S/C15H14O4/c1-15(18,14(16)17)11-7-9-13(10-8-11)19-12-5-3-2-4-6-12/h2-10,18H,1H3,(H,16,17)/p-1. The fourth-order valence-electron chi connectivity index (χ4n) is 1.59. The van der Waals surface area contributed by atoms with Crippen LogP contribution < -0.4 is 9.84 Å². The highest BCUT2D eigenvalue weighted by Gasteiger charge is 2.24. The second-order valence-electron chi connectivity index (χ2n) is 4.30. The molecule has 0 radical (unpaired) electrons. The summed E-state index contributed by atoms with van der Waals surface area (Å²) in [5.74, 6) is -0.296. The topological polar surface area (TPSA) is 69.6 Å². The van der Waals surface area contributed by atoms with Crippen molar-refractivity contribution in [3.63, 3.8) is 0 Å². The van der Waals surface area contributed by atoms with E-state index in [1.165, 1.54) is 19.1 Å². The minimum atomic E-state index is -2.01. The fraction of sp³-hybridized carbons (Fsp3) is 0.133. The van der Waals surface area contributed by atoms with Gasteiger partial charge in [0.2, 0.25) is 0 Å². The molecule has 2 aromatic carbocycles. The molecule has 1 unspecified atom stereocenters. The molecule has 0 aliphatic heterocycles. The van der Waals surface area contributed by atoms with Gasteiger partial charge in [0.1, 0.15) is 17.1 Å². The minimum absolute atomic E-state index is 0.243. The van der Waals surface area contributed by atoms with E-state index in [-0.39, 0.29) is 5.56 Å². The van der Waals surface area contributed by atoms with E-state index in [0.717, 1.165) is 0 Å². The molecule has 0 fully saturated rings. The van der Waals surface area contributed by atoms with Gasteiger partial charge in [-0.05, 0) is 36.8 Å². The first-order valence-corrected chi connectivity index (χ1v) is 5.77. The molecule has 19 heavy (non-hydrogen) atoms. The Balaban J connectivity index is 2.18. The van der Waals surface area contributed by atoms with Crippen molar-refractivity contribution >= 4 is 5.97 Å². The van der Waals surface area contributed by atoms with Crippen LogP contribution >= 0.6 is 0 Å². The highest BCUT2D eigenvalue weighted by Crippen LogP contribution is 2.25. The van der Waals surface area contributed by atoms with Crippen molar-refractivity contribution in [2.45, 2.75) is 12.5 Å². The Morgan fingerprint density at radius 3 is 2.11 bits per heavy atom. The van der Waals surface area contributed by atoms with Crippen LogP contribution in [0.5, 0.6) is 11.5 Å². The number of hydrogen-bond donors (Lipinski definition) is 1. The van der Waals surface area contributed by atoms with E-state index < -0.39 is 11.6 Å². The van der Waals surface area contributed by atoms with Crippen LogP contribution in [0.1, 0.15) is 12.5 Å². The van der Waals surface area contributed by atoms with Crippen LogP contribution in [0, 0.1) is 0 Å². The van der Waals surface area contributed by atoms with E-state index in [9.17, 15) is 15.0 Å². The predicted octanol–water partition coefficient (Wildman–Crippen LogP) is 1.44. The van der Waals surface area contributed by atoms with Crippen molar-refractivity contribution in [2.75, 3.05) is 0 Å². The first-order chi connectivity index (χ1) is 9.00. The predicted molar refractivity (Wildman–Crippen MR) is 67.5 cm³/mol. The Morgan fingerprint density at radius 2 is 1.58 bits per heavy atom. The van der Waals surface area contributed by atoms with E-state index in [0.29, 0.717) is 11.5 Å². The lowest BCUT2D eigenvalue weighted by molar-refractivity contribution is -0.324. The molecule has 0 aromatic heterocycles. The number of hydrogen-bond acceptors (Lipinski definition) is 4. The van der Waals surface area contributed by atoms with Crippen LogP contribution in [0.3, 0.4) is 0 Å². The van der Waals surface area contributed by atoms with Crippen LogP contribution in [0.15, 0.2) is 54.6 Å². The van der Waals surface area contributed by atoms with Gasteiger partial charge in [0.15, 0.2) is 0 Å². The third-order valence-electron chi connectivity index (χ3n) is 2.79. The second kappa shape index (κ2) is 5.12. The van der Waals surface area contributed by atoms with E-state index in [1.807, 2.05) is 30.3 Å². The Bertz CT molecular complexity index is 558. The summed E-state index contributed by atoms with van der Waals surface area (Å²) in [6.07, 6.45) is 0. The van der Waals surface area contributed by atoms with Gasteiger partial charge in [-0.3, -0.25) is 0 Å². The van der Waals surface area contributed by atoms with Crippen molar-refractivity contribution in [2.24, 2.45) is 0 Å². The van der Waals surface area contributed by atoms with E-state index >= 15 is 0 Å². The van der Waals surface area contributed by atoms with Gasteiger partial charge in [-0.25, -0.2) is 0 Å². The van der Waals surface area contributed by atoms with Crippen LogP contribution in [-0.2, 0) is 10.4 Å². The lowest BCUT2D eigenvalue weighted by Gasteiger charge is -2.24. The molecule has 0 saturated heterocycles. The summed E-state index contributed by atoms with van der Waals surface area (Å²) < 4.78 is 5.56. The molecule has 0 aliphatic rings. The van der Waals surface area contributed by atoms with Gasteiger partial charge in [0.05, 0.1) is 5.97 Å². The quantitative estimate of drug-likeness (QED) is 0.899. The molecule has 2 rings (SSSR count). The number of aliphatic carboxylic acids is 1. The zero-order valence-corrected chi connectivity index (χ0v) is 10.4. The number of carboxylic acids is 1. The zero-order valence-electron chi connectivity index (χ0n) is 10.4. The number of para-hydroxylation sites is 1. The average molecular weight is 257 g/mol. The summed E-state index contributed by atoms with van der Waals surface area (Å²) in [4.78, 5) is 10.8. The lowest BCUT2D eigenvalue weighted by atomic mass is 9.96. The molecule has 0 amide bonds. The van der Waals surface area contributed by atoms with Crippen LogP contribution in [0.4, 0.5) is 0 Å². The molecule has 1 atom stereocenters. The van der Waals surface area contributed by atoms with Gasteiger partial charge >= 0.3 is 0 Å². The fourth-order valence-corrected chi connectivity index (χ4v) is 1.59. The molecule has 0 bridgehead atoms. The van der Waals surface area contributed by atoms with E-state index in [1.54, 1.807) is 12.1 Å². The molecule has 0 saturated carbocycles. The molecule has 0 aliphatic carbocycles. The highest BCUT2D eigenvalue weighted by atomic mass is 16.5. The van der Waals surface area contributed by atoms with Crippen LogP contribution in [0.25, 0.3) is 0 Å². The van der Waals surface area contributed by atoms with Crippen LogP contribution in [-0.4, -0.2) is 11.1 Å². The van der Waals surface area contributed by atoms with Crippen molar-refractivity contribution in [3.8, 4) is 11.5 Å². The summed E-state index contributed by atoms with van der Waals surface area (Å²) in [7, 11) is 0. The Hall–Kier alpha value is -2.33. The summed E-state index contributed by atoms with van der Waals surface area (Å²) >= 11 is 0. The number of rotatable bonds is 4. The smallest absolute Gasteiger partial charge is 0.127 e. The summed E-state index contributed by atoms with van der Waals surface area (Å²) in [6, 6.07) is 15.4. The van der Waals surface area contributed by atoms with Gasteiger partial charge in [-0.2, -0.15) is 0 Å². The number of ether oxygens (including phenoxy) is 1. The van der Waals surface area contributed by atoms with Gasteiger partial charge in [0, 0.05) is 0 Å². The lowest BCUT2D eigenvalue weighted by Crippen LogP contribution is -2.43. The Labute approximate surface area is 110 Å². The van der Waals surface area contributed by atoms with Gasteiger partial charge in [-0.1, -0.05) is 30.3 Å². The van der Waals surface area contributed by atoms with E-state index in [4.69, 9.17) is 4.74 Å². The third kappa shape index (κ3) is 2.92. The van der Waals surface area contributed by atoms with Crippen molar-refractivity contribution in [3.05, 3.63) is 60.2 Å². The number of carboxylic acid groups (broad SMARTS) is 1. The normalized spacial score (nSPS) is 13.6. The third-order valence-corrected chi connectivity index (χ3v) is 2.79. The summed E-state index contributed by atoms with van der Waals surface area (Å²) in [5.41, 5.74) is -1.77. The summed E-state index contributed by atoms with van der Waals surface area (Å²) in [5, 5.41) is 20.5. The number of benzene rings is 2. The van der Waals surface area contributed by atoms with Crippen LogP contribution in [0.2, 0.25) is 0 Å². The van der Waals surface area contributed by atoms with Gasteiger partial charge in [-0.15, -0.1) is 0 Å². The number of carbonyl (C=O) groups excluding carboxylic acids is 1. The van der Waals surface area contributed by atoms with Gasteiger partial charge in [0.25, 0.3) is 0 Å². The minimum Gasteiger partial charge on any atom is -0.547 e. The van der Waals surface area contributed by atoms with Crippen molar-refractivity contribution < 1.29 is 19.7 Å².